The van der Waals surface area contributed by atoms with Crippen molar-refractivity contribution in [1.29, 1.82) is 0 Å². The molecule has 0 fully saturated rings. The standard InChI is InChI=1S/C17H21FN2/c1-13(2)10-11-19-17-12-14(18)8-9-16(17)20-15-6-4-3-5-7-15/h3-9,12-13,19-20H,10-11H2,1-2H3. The molecule has 2 aromatic rings. The largest absolute Gasteiger partial charge is 0.383 e. The van der Waals surface area contributed by atoms with Gasteiger partial charge in [0.2, 0.25) is 0 Å². The van der Waals surface area contributed by atoms with E-state index in [4.69, 9.17) is 0 Å². The average Bonchev–Trinajstić information content (AvgIpc) is 2.42. The summed E-state index contributed by atoms with van der Waals surface area (Å²) < 4.78 is 13.4. The molecule has 0 atom stereocenters. The molecule has 0 amide bonds. The van der Waals surface area contributed by atoms with Crippen molar-refractivity contribution in [3.8, 4) is 0 Å². The molecule has 0 saturated heterocycles. The fourth-order valence-corrected chi connectivity index (χ4v) is 1.94. The van der Waals surface area contributed by atoms with Crippen LogP contribution in [-0.4, -0.2) is 6.54 Å². The third kappa shape index (κ3) is 4.26. The van der Waals surface area contributed by atoms with Gasteiger partial charge in [-0.15, -0.1) is 0 Å². The highest BCUT2D eigenvalue weighted by Gasteiger charge is 2.05. The molecule has 0 aliphatic heterocycles. The molecule has 0 radical (unpaired) electrons. The first-order valence-corrected chi connectivity index (χ1v) is 7.00. The molecule has 0 aromatic heterocycles. The van der Waals surface area contributed by atoms with Gasteiger partial charge in [-0.25, -0.2) is 4.39 Å². The van der Waals surface area contributed by atoms with Crippen LogP contribution in [0.25, 0.3) is 0 Å². The number of anilines is 3. The Balaban J connectivity index is 2.11. The maximum Gasteiger partial charge on any atom is 0.125 e. The van der Waals surface area contributed by atoms with Crippen molar-refractivity contribution in [1.82, 2.24) is 0 Å². The van der Waals surface area contributed by atoms with Gasteiger partial charge in [0.15, 0.2) is 0 Å². The highest BCUT2D eigenvalue weighted by molar-refractivity contribution is 5.74. The van der Waals surface area contributed by atoms with Crippen molar-refractivity contribution in [3.63, 3.8) is 0 Å². The van der Waals surface area contributed by atoms with E-state index >= 15 is 0 Å². The van der Waals surface area contributed by atoms with Crippen LogP contribution in [0.1, 0.15) is 20.3 Å². The third-order valence-electron chi connectivity index (χ3n) is 3.07. The number of para-hydroxylation sites is 1. The molecule has 0 unspecified atom stereocenters. The first kappa shape index (κ1) is 14.4. The van der Waals surface area contributed by atoms with Crippen LogP contribution in [0.2, 0.25) is 0 Å². The number of nitrogens with one attached hydrogen (secondary N) is 2. The smallest absolute Gasteiger partial charge is 0.125 e. The molecular formula is C17H21FN2. The lowest BCUT2D eigenvalue weighted by Gasteiger charge is -2.15. The Morgan fingerprint density at radius 1 is 1.00 bits per heavy atom. The molecule has 2 N–H and O–H groups in total. The molecule has 3 heteroatoms. The van der Waals surface area contributed by atoms with Gasteiger partial charge in [0.1, 0.15) is 5.82 Å². The molecule has 0 heterocycles. The molecule has 0 aliphatic rings. The van der Waals surface area contributed by atoms with Gasteiger partial charge in [-0.3, -0.25) is 0 Å². The van der Waals surface area contributed by atoms with Crippen molar-refractivity contribution >= 4 is 17.1 Å². The quantitative estimate of drug-likeness (QED) is 0.771. The first-order valence-electron chi connectivity index (χ1n) is 7.00. The summed E-state index contributed by atoms with van der Waals surface area (Å²) in [5.41, 5.74) is 2.68. The normalized spacial score (nSPS) is 10.6. The van der Waals surface area contributed by atoms with Gasteiger partial charge in [-0.05, 0) is 42.7 Å². The molecule has 2 rings (SSSR count). The van der Waals surface area contributed by atoms with E-state index in [9.17, 15) is 4.39 Å². The fourth-order valence-electron chi connectivity index (χ4n) is 1.94. The van der Waals surface area contributed by atoms with Crippen LogP contribution in [0.5, 0.6) is 0 Å². The van der Waals surface area contributed by atoms with E-state index in [1.54, 1.807) is 6.07 Å². The second-order valence-electron chi connectivity index (χ2n) is 5.29. The second-order valence-corrected chi connectivity index (χ2v) is 5.29. The summed E-state index contributed by atoms with van der Waals surface area (Å²) in [5, 5.41) is 6.61. The Kier molecular flexibility index (Phi) is 4.99. The summed E-state index contributed by atoms with van der Waals surface area (Å²) in [4.78, 5) is 0. The van der Waals surface area contributed by atoms with Gasteiger partial charge in [0, 0.05) is 12.2 Å². The molecule has 2 nitrogen and oxygen atoms in total. The van der Waals surface area contributed by atoms with Gasteiger partial charge in [-0.1, -0.05) is 32.0 Å². The Morgan fingerprint density at radius 3 is 2.45 bits per heavy atom. The van der Waals surface area contributed by atoms with E-state index in [0.29, 0.717) is 5.92 Å². The number of rotatable bonds is 6. The van der Waals surface area contributed by atoms with Crippen molar-refractivity contribution < 1.29 is 4.39 Å². The molecule has 0 bridgehead atoms. The lowest BCUT2D eigenvalue weighted by molar-refractivity contribution is 0.606. The predicted octanol–water partition coefficient (Wildman–Crippen LogP) is 5.03. The zero-order chi connectivity index (χ0) is 14.4. The summed E-state index contributed by atoms with van der Waals surface area (Å²) in [6, 6.07) is 14.7. The monoisotopic (exact) mass is 272 g/mol. The highest BCUT2D eigenvalue weighted by Crippen LogP contribution is 2.26. The van der Waals surface area contributed by atoms with Crippen LogP contribution in [0.3, 0.4) is 0 Å². The van der Waals surface area contributed by atoms with Gasteiger partial charge in [0.05, 0.1) is 11.4 Å². The fraction of sp³-hybridized carbons (Fsp3) is 0.294. The van der Waals surface area contributed by atoms with E-state index in [0.717, 1.165) is 30.0 Å². The zero-order valence-electron chi connectivity index (χ0n) is 12.0. The van der Waals surface area contributed by atoms with Crippen molar-refractivity contribution in [3.05, 3.63) is 54.3 Å². The van der Waals surface area contributed by atoms with Gasteiger partial charge in [-0.2, -0.15) is 0 Å². The summed E-state index contributed by atoms with van der Waals surface area (Å²) in [6.07, 6.45) is 1.06. The molecule has 0 saturated carbocycles. The van der Waals surface area contributed by atoms with Crippen LogP contribution < -0.4 is 10.6 Å². The van der Waals surface area contributed by atoms with Crippen LogP contribution in [0.4, 0.5) is 21.5 Å². The van der Waals surface area contributed by atoms with Gasteiger partial charge in [0.25, 0.3) is 0 Å². The minimum Gasteiger partial charge on any atom is -0.383 e. The Labute approximate surface area is 120 Å². The van der Waals surface area contributed by atoms with Gasteiger partial charge >= 0.3 is 0 Å². The van der Waals surface area contributed by atoms with Crippen LogP contribution in [-0.2, 0) is 0 Å². The summed E-state index contributed by atoms with van der Waals surface area (Å²) in [6.45, 7) is 5.19. The Morgan fingerprint density at radius 2 is 1.75 bits per heavy atom. The van der Waals surface area contributed by atoms with Crippen molar-refractivity contribution in [2.75, 3.05) is 17.2 Å². The van der Waals surface area contributed by atoms with Crippen molar-refractivity contribution in [2.45, 2.75) is 20.3 Å². The summed E-state index contributed by atoms with van der Waals surface area (Å²) in [7, 11) is 0. The van der Waals surface area contributed by atoms with E-state index < -0.39 is 0 Å². The lowest BCUT2D eigenvalue weighted by Crippen LogP contribution is -2.07. The van der Waals surface area contributed by atoms with Gasteiger partial charge < -0.3 is 10.6 Å². The molecule has 2 aromatic carbocycles. The molecule has 106 valence electrons. The first-order chi connectivity index (χ1) is 9.65. The van der Waals surface area contributed by atoms with Crippen LogP contribution in [0.15, 0.2) is 48.5 Å². The highest BCUT2D eigenvalue weighted by atomic mass is 19.1. The lowest BCUT2D eigenvalue weighted by atomic mass is 10.1. The predicted molar refractivity (Wildman–Crippen MR) is 84.1 cm³/mol. The maximum atomic E-state index is 13.4. The summed E-state index contributed by atoms with van der Waals surface area (Å²) in [5.74, 6) is 0.400. The number of benzene rings is 2. The number of hydrogen-bond donors (Lipinski definition) is 2. The minimum absolute atomic E-state index is 0.226. The van der Waals surface area contributed by atoms with Crippen molar-refractivity contribution in [2.24, 2.45) is 5.92 Å². The minimum atomic E-state index is -0.226. The van der Waals surface area contributed by atoms with E-state index in [1.807, 2.05) is 30.3 Å². The Bertz CT molecular complexity index is 538. The molecule has 0 spiro atoms. The third-order valence-corrected chi connectivity index (χ3v) is 3.07. The second kappa shape index (κ2) is 6.94. The van der Waals surface area contributed by atoms with Crippen LogP contribution >= 0.6 is 0 Å². The van der Waals surface area contributed by atoms with E-state index in [2.05, 4.69) is 24.5 Å². The van der Waals surface area contributed by atoms with E-state index in [-0.39, 0.29) is 5.82 Å². The molecule has 20 heavy (non-hydrogen) atoms. The Hall–Kier alpha value is -2.03. The number of halogens is 1. The van der Waals surface area contributed by atoms with Crippen LogP contribution in [0, 0.1) is 11.7 Å². The summed E-state index contributed by atoms with van der Waals surface area (Å²) >= 11 is 0. The number of hydrogen-bond acceptors (Lipinski definition) is 2. The zero-order valence-corrected chi connectivity index (χ0v) is 12.0. The maximum absolute atomic E-state index is 13.4. The molecular weight excluding hydrogens is 251 g/mol. The topological polar surface area (TPSA) is 24.1 Å². The average molecular weight is 272 g/mol. The molecule has 0 aliphatic carbocycles. The van der Waals surface area contributed by atoms with E-state index in [1.165, 1.54) is 12.1 Å². The SMILES string of the molecule is CC(C)CCNc1cc(F)ccc1Nc1ccccc1.